The lowest BCUT2D eigenvalue weighted by atomic mass is 10.1. The van der Waals surface area contributed by atoms with E-state index in [4.69, 9.17) is 10.9 Å². The van der Waals surface area contributed by atoms with Gasteiger partial charge in [0.1, 0.15) is 5.84 Å². The van der Waals surface area contributed by atoms with Crippen LogP contribution in [0.3, 0.4) is 0 Å². The van der Waals surface area contributed by atoms with Gasteiger partial charge in [0.05, 0.1) is 0 Å². The second-order valence-corrected chi connectivity index (χ2v) is 4.89. The van der Waals surface area contributed by atoms with Gasteiger partial charge in [-0.05, 0) is 31.5 Å². The third kappa shape index (κ3) is 5.27. The van der Waals surface area contributed by atoms with Crippen molar-refractivity contribution in [2.75, 3.05) is 5.32 Å². The van der Waals surface area contributed by atoms with Gasteiger partial charge in [0, 0.05) is 31.1 Å². The number of carbonyl (C=O) groups excluding carboxylic acids is 1. The molecule has 0 saturated carbocycles. The van der Waals surface area contributed by atoms with Gasteiger partial charge in [0.15, 0.2) is 0 Å². The van der Waals surface area contributed by atoms with Crippen LogP contribution in [0.1, 0.15) is 38.8 Å². The van der Waals surface area contributed by atoms with E-state index >= 15 is 0 Å². The fourth-order valence-electron chi connectivity index (χ4n) is 2.03. The van der Waals surface area contributed by atoms with E-state index in [1.165, 1.54) is 6.92 Å². The Hall–Kier alpha value is -2.08. The number of amides is 1. The first-order chi connectivity index (χ1) is 9.42. The lowest BCUT2D eigenvalue weighted by Crippen LogP contribution is -2.33. The van der Waals surface area contributed by atoms with Crippen molar-refractivity contribution in [3.05, 3.63) is 29.8 Å². The van der Waals surface area contributed by atoms with Gasteiger partial charge in [-0.2, -0.15) is 0 Å². The first-order valence-corrected chi connectivity index (χ1v) is 6.52. The molecule has 1 amide bonds. The van der Waals surface area contributed by atoms with Crippen LogP contribution in [0.4, 0.5) is 5.69 Å². The summed E-state index contributed by atoms with van der Waals surface area (Å²) in [6, 6.07) is 7.81. The second-order valence-electron chi connectivity index (χ2n) is 4.89. The van der Waals surface area contributed by atoms with Crippen LogP contribution in [-0.2, 0) is 4.79 Å². The third-order valence-corrected chi connectivity index (χ3v) is 2.89. The van der Waals surface area contributed by atoms with E-state index in [9.17, 15) is 4.79 Å². The van der Waals surface area contributed by atoms with E-state index in [0.29, 0.717) is 6.42 Å². The van der Waals surface area contributed by atoms with E-state index in [1.807, 2.05) is 38.1 Å². The highest BCUT2D eigenvalue weighted by molar-refractivity contribution is 5.88. The maximum Gasteiger partial charge on any atom is 0.221 e. The maximum atomic E-state index is 11.0. The van der Waals surface area contributed by atoms with Crippen LogP contribution in [0.15, 0.2) is 29.4 Å². The Morgan fingerprint density at radius 1 is 1.45 bits per heavy atom. The summed E-state index contributed by atoms with van der Waals surface area (Å²) in [7, 11) is 0. The van der Waals surface area contributed by atoms with Crippen molar-refractivity contribution in [3.63, 3.8) is 0 Å². The number of rotatable bonds is 6. The molecule has 6 nitrogen and oxygen atoms in total. The number of anilines is 1. The molecular formula is C14H22N4O2. The molecule has 0 bridgehead atoms. The van der Waals surface area contributed by atoms with Crippen LogP contribution in [0.25, 0.3) is 0 Å². The van der Waals surface area contributed by atoms with Gasteiger partial charge in [0.2, 0.25) is 5.91 Å². The Labute approximate surface area is 119 Å². The molecule has 2 unspecified atom stereocenters. The predicted molar refractivity (Wildman–Crippen MR) is 79.8 cm³/mol. The molecule has 0 aromatic heterocycles. The average molecular weight is 278 g/mol. The van der Waals surface area contributed by atoms with Crippen LogP contribution >= 0.6 is 0 Å². The highest BCUT2D eigenvalue weighted by atomic mass is 16.4. The number of hydrogen-bond donors (Lipinski definition) is 4. The summed E-state index contributed by atoms with van der Waals surface area (Å²) in [4.78, 5) is 11.0. The molecule has 0 saturated heterocycles. The molecule has 20 heavy (non-hydrogen) atoms. The molecular weight excluding hydrogens is 256 g/mol. The van der Waals surface area contributed by atoms with Gasteiger partial charge in [-0.3, -0.25) is 4.79 Å². The fourth-order valence-corrected chi connectivity index (χ4v) is 2.03. The summed E-state index contributed by atoms with van der Waals surface area (Å²) in [5.74, 6) is 0.104. The van der Waals surface area contributed by atoms with E-state index in [2.05, 4.69) is 15.8 Å². The number of carbonyl (C=O) groups is 1. The molecule has 0 spiro atoms. The van der Waals surface area contributed by atoms with Crippen molar-refractivity contribution in [1.29, 1.82) is 0 Å². The number of nitrogens with zero attached hydrogens (tertiary/aromatic N) is 1. The molecule has 0 radical (unpaired) electrons. The SMILES string of the molecule is CC(=O)Nc1cccc(C(C)NC(C)CC(N)=NO)c1. The molecule has 2 atom stereocenters. The Bertz CT molecular complexity index is 488. The van der Waals surface area contributed by atoms with Crippen molar-refractivity contribution in [2.45, 2.75) is 39.3 Å². The highest BCUT2D eigenvalue weighted by Crippen LogP contribution is 2.18. The summed E-state index contributed by atoms with van der Waals surface area (Å²) in [6.07, 6.45) is 0.465. The minimum absolute atomic E-state index is 0.0744. The number of benzene rings is 1. The molecule has 110 valence electrons. The standard InChI is InChI=1S/C14H22N4O2/c1-9(7-14(15)18-20)16-10(2)12-5-4-6-13(8-12)17-11(3)19/h4-6,8-10,16,20H,7H2,1-3H3,(H2,15,18)(H,17,19). The lowest BCUT2D eigenvalue weighted by Gasteiger charge is -2.20. The average Bonchev–Trinajstić information content (AvgIpc) is 2.37. The summed E-state index contributed by atoms with van der Waals surface area (Å²) < 4.78 is 0. The summed E-state index contributed by atoms with van der Waals surface area (Å²) in [5, 5.41) is 17.6. The van der Waals surface area contributed by atoms with Crippen molar-refractivity contribution in [2.24, 2.45) is 10.9 Å². The van der Waals surface area contributed by atoms with Gasteiger partial charge in [-0.15, -0.1) is 0 Å². The highest BCUT2D eigenvalue weighted by Gasteiger charge is 2.11. The fraction of sp³-hybridized carbons (Fsp3) is 0.429. The first kappa shape index (κ1) is 16.0. The van der Waals surface area contributed by atoms with Crippen LogP contribution in [0, 0.1) is 0 Å². The van der Waals surface area contributed by atoms with Crippen LogP contribution < -0.4 is 16.4 Å². The van der Waals surface area contributed by atoms with E-state index < -0.39 is 0 Å². The molecule has 0 aliphatic carbocycles. The monoisotopic (exact) mass is 278 g/mol. The van der Waals surface area contributed by atoms with Gasteiger partial charge < -0.3 is 21.6 Å². The van der Waals surface area contributed by atoms with Gasteiger partial charge >= 0.3 is 0 Å². The molecule has 0 aliphatic heterocycles. The maximum absolute atomic E-state index is 11.0. The Morgan fingerprint density at radius 3 is 2.75 bits per heavy atom. The summed E-state index contributed by atoms with van der Waals surface area (Å²) in [5.41, 5.74) is 7.31. The number of nitrogens with two attached hydrogens (primary N) is 1. The molecule has 1 aromatic rings. The van der Waals surface area contributed by atoms with E-state index in [-0.39, 0.29) is 23.8 Å². The normalized spacial score (nSPS) is 14.7. The topological polar surface area (TPSA) is 99.7 Å². The number of hydrogen-bond acceptors (Lipinski definition) is 4. The lowest BCUT2D eigenvalue weighted by molar-refractivity contribution is -0.114. The molecule has 0 fully saturated rings. The first-order valence-electron chi connectivity index (χ1n) is 6.52. The van der Waals surface area contributed by atoms with Crippen LogP contribution in [0.5, 0.6) is 0 Å². The van der Waals surface area contributed by atoms with Crippen LogP contribution in [0.2, 0.25) is 0 Å². The zero-order chi connectivity index (χ0) is 15.1. The molecule has 5 N–H and O–H groups in total. The molecule has 6 heteroatoms. The molecule has 1 aromatic carbocycles. The van der Waals surface area contributed by atoms with E-state index in [1.54, 1.807) is 0 Å². The number of oxime groups is 1. The Kier molecular flexibility index (Phi) is 5.99. The van der Waals surface area contributed by atoms with E-state index in [0.717, 1.165) is 11.3 Å². The summed E-state index contributed by atoms with van der Waals surface area (Å²) in [6.45, 7) is 5.47. The quantitative estimate of drug-likeness (QED) is 0.276. The molecule has 0 heterocycles. The van der Waals surface area contributed by atoms with Crippen molar-refractivity contribution >= 4 is 17.4 Å². The van der Waals surface area contributed by atoms with Crippen molar-refractivity contribution in [1.82, 2.24) is 5.32 Å². The summed E-state index contributed by atoms with van der Waals surface area (Å²) >= 11 is 0. The zero-order valence-corrected chi connectivity index (χ0v) is 12.1. The Balaban J connectivity index is 2.67. The largest absolute Gasteiger partial charge is 0.409 e. The van der Waals surface area contributed by atoms with Gasteiger partial charge in [-0.1, -0.05) is 17.3 Å². The smallest absolute Gasteiger partial charge is 0.221 e. The van der Waals surface area contributed by atoms with Crippen molar-refractivity contribution < 1.29 is 10.0 Å². The second kappa shape index (κ2) is 7.49. The molecule has 0 aliphatic rings. The molecule has 1 rings (SSSR count). The van der Waals surface area contributed by atoms with Crippen molar-refractivity contribution in [3.8, 4) is 0 Å². The van der Waals surface area contributed by atoms with Gasteiger partial charge in [0.25, 0.3) is 0 Å². The predicted octanol–water partition coefficient (Wildman–Crippen LogP) is 1.82. The van der Waals surface area contributed by atoms with Gasteiger partial charge in [-0.25, -0.2) is 0 Å². The van der Waals surface area contributed by atoms with Crippen LogP contribution in [-0.4, -0.2) is 23.0 Å². The number of amidine groups is 1. The minimum Gasteiger partial charge on any atom is -0.409 e. The third-order valence-electron chi connectivity index (χ3n) is 2.89. The Morgan fingerprint density at radius 2 is 2.15 bits per heavy atom. The minimum atomic E-state index is -0.0944. The number of nitrogens with one attached hydrogen (secondary N) is 2. The zero-order valence-electron chi connectivity index (χ0n) is 12.1.